The van der Waals surface area contributed by atoms with Crippen LogP contribution in [0.4, 0.5) is 21.9 Å². The Morgan fingerprint density at radius 1 is 1.57 bits per heavy atom. The molecule has 0 aromatic heterocycles. The van der Waals surface area contributed by atoms with Crippen LogP contribution < -0.4 is 10.6 Å². The van der Waals surface area contributed by atoms with E-state index in [9.17, 15) is 4.79 Å². The molecule has 1 aromatic carbocycles. The van der Waals surface area contributed by atoms with Crippen LogP contribution in [0.25, 0.3) is 0 Å². The Balaban J connectivity index is 2.30. The fraction of sp³-hybridized carbons (Fsp3) is 0.111. The number of aliphatic imine (C=N–C) groups is 1. The molecule has 0 fully saturated rings. The Labute approximate surface area is 80.5 Å². The molecule has 1 amide bonds. The summed E-state index contributed by atoms with van der Waals surface area (Å²) < 4.78 is 0. The van der Waals surface area contributed by atoms with E-state index in [1.807, 2.05) is 0 Å². The Hall–Kier alpha value is -2.04. The van der Waals surface area contributed by atoms with Gasteiger partial charge >= 0.3 is 6.09 Å². The molecule has 0 radical (unpaired) electrons. The SMILES string of the molecule is O=C(O)Nc1ccc2c(c1)N=CCN2. The van der Waals surface area contributed by atoms with Crippen molar-refractivity contribution in [1.29, 1.82) is 0 Å². The average Bonchev–Trinajstić information content (AvgIpc) is 2.17. The van der Waals surface area contributed by atoms with Crippen LogP contribution in [0.1, 0.15) is 0 Å². The van der Waals surface area contributed by atoms with Crippen molar-refractivity contribution in [3.63, 3.8) is 0 Å². The van der Waals surface area contributed by atoms with E-state index in [-0.39, 0.29) is 0 Å². The van der Waals surface area contributed by atoms with Gasteiger partial charge in [-0.05, 0) is 18.2 Å². The van der Waals surface area contributed by atoms with Gasteiger partial charge in [-0.25, -0.2) is 4.79 Å². The number of anilines is 2. The molecule has 1 aromatic rings. The fourth-order valence-electron chi connectivity index (χ4n) is 1.29. The molecule has 14 heavy (non-hydrogen) atoms. The number of hydrogen-bond acceptors (Lipinski definition) is 3. The molecule has 1 heterocycles. The number of carboxylic acid groups (broad SMARTS) is 1. The molecule has 2 rings (SSSR count). The summed E-state index contributed by atoms with van der Waals surface area (Å²) in [6.07, 6.45) is 0.671. The van der Waals surface area contributed by atoms with Gasteiger partial charge in [-0.2, -0.15) is 0 Å². The second-order valence-corrected chi connectivity index (χ2v) is 2.85. The van der Waals surface area contributed by atoms with E-state index in [1.165, 1.54) is 0 Å². The van der Waals surface area contributed by atoms with Gasteiger partial charge < -0.3 is 10.4 Å². The quantitative estimate of drug-likeness (QED) is 0.634. The summed E-state index contributed by atoms with van der Waals surface area (Å²) in [5.74, 6) is 0. The molecule has 0 bridgehead atoms. The maximum atomic E-state index is 10.4. The summed E-state index contributed by atoms with van der Waals surface area (Å²) in [5.41, 5.74) is 2.20. The molecular formula is C9H9N3O2. The molecule has 0 spiro atoms. The minimum atomic E-state index is -1.07. The topological polar surface area (TPSA) is 73.7 Å². The van der Waals surface area contributed by atoms with Crippen LogP contribution in [0.2, 0.25) is 0 Å². The number of benzene rings is 1. The molecule has 0 saturated carbocycles. The van der Waals surface area contributed by atoms with E-state index in [0.717, 1.165) is 11.4 Å². The van der Waals surface area contributed by atoms with Gasteiger partial charge in [0.05, 0.1) is 17.9 Å². The monoisotopic (exact) mass is 191 g/mol. The summed E-state index contributed by atoms with van der Waals surface area (Å²) in [5, 5.41) is 13.9. The Morgan fingerprint density at radius 3 is 3.21 bits per heavy atom. The van der Waals surface area contributed by atoms with Crippen molar-refractivity contribution in [3.05, 3.63) is 18.2 Å². The highest BCUT2D eigenvalue weighted by atomic mass is 16.4. The Kier molecular flexibility index (Phi) is 2.06. The number of nitrogens with zero attached hydrogens (tertiary/aromatic N) is 1. The molecule has 0 atom stereocenters. The minimum Gasteiger partial charge on any atom is -0.465 e. The van der Waals surface area contributed by atoms with E-state index in [1.54, 1.807) is 24.4 Å². The third-order valence-corrected chi connectivity index (χ3v) is 1.86. The number of rotatable bonds is 1. The number of amides is 1. The first-order valence-electron chi connectivity index (χ1n) is 4.16. The summed E-state index contributed by atoms with van der Waals surface area (Å²) in [4.78, 5) is 14.5. The number of nitrogens with one attached hydrogen (secondary N) is 2. The molecule has 1 aliphatic heterocycles. The van der Waals surface area contributed by atoms with Gasteiger partial charge in [0.1, 0.15) is 0 Å². The molecule has 5 heteroatoms. The van der Waals surface area contributed by atoms with Crippen LogP contribution in [0.15, 0.2) is 23.2 Å². The first-order valence-corrected chi connectivity index (χ1v) is 4.16. The van der Waals surface area contributed by atoms with Crippen LogP contribution in [-0.4, -0.2) is 24.0 Å². The summed E-state index contributed by atoms with van der Waals surface area (Å²) in [6.45, 7) is 0.707. The highest BCUT2D eigenvalue weighted by molar-refractivity contribution is 5.87. The summed E-state index contributed by atoms with van der Waals surface area (Å²) >= 11 is 0. The summed E-state index contributed by atoms with van der Waals surface area (Å²) in [7, 11) is 0. The minimum absolute atomic E-state index is 0.525. The zero-order valence-electron chi connectivity index (χ0n) is 7.32. The van der Waals surface area contributed by atoms with Crippen molar-refractivity contribution in [2.45, 2.75) is 0 Å². The predicted octanol–water partition coefficient (Wildman–Crippen LogP) is 1.90. The van der Waals surface area contributed by atoms with Crippen LogP contribution in [0.5, 0.6) is 0 Å². The molecule has 0 saturated heterocycles. The van der Waals surface area contributed by atoms with Gasteiger partial charge in [0.25, 0.3) is 0 Å². The first kappa shape index (κ1) is 8.55. The summed E-state index contributed by atoms with van der Waals surface area (Å²) in [6, 6.07) is 5.18. The maximum Gasteiger partial charge on any atom is 0.409 e. The Bertz CT molecular complexity index is 401. The lowest BCUT2D eigenvalue weighted by Crippen LogP contribution is -2.09. The van der Waals surface area contributed by atoms with Gasteiger partial charge in [0.2, 0.25) is 0 Å². The van der Waals surface area contributed by atoms with Crippen LogP contribution in [0.3, 0.4) is 0 Å². The highest BCUT2D eigenvalue weighted by Gasteiger charge is 2.06. The van der Waals surface area contributed by atoms with E-state index in [0.29, 0.717) is 12.2 Å². The van der Waals surface area contributed by atoms with E-state index < -0.39 is 6.09 Å². The maximum absolute atomic E-state index is 10.4. The number of hydrogen-bond donors (Lipinski definition) is 3. The van der Waals surface area contributed by atoms with Crippen LogP contribution in [0, 0.1) is 0 Å². The largest absolute Gasteiger partial charge is 0.465 e. The van der Waals surface area contributed by atoms with Crippen molar-refractivity contribution in [2.24, 2.45) is 4.99 Å². The van der Waals surface area contributed by atoms with Gasteiger partial charge in [-0.15, -0.1) is 0 Å². The van der Waals surface area contributed by atoms with Gasteiger partial charge in [0.15, 0.2) is 0 Å². The molecule has 1 aliphatic rings. The lowest BCUT2D eigenvalue weighted by atomic mass is 10.2. The molecule has 0 unspecified atom stereocenters. The van der Waals surface area contributed by atoms with Crippen molar-refractivity contribution in [1.82, 2.24) is 0 Å². The number of carbonyl (C=O) groups is 1. The first-order chi connectivity index (χ1) is 6.75. The van der Waals surface area contributed by atoms with E-state index in [2.05, 4.69) is 15.6 Å². The standard InChI is InChI=1S/C9H9N3O2/c13-9(14)12-6-1-2-7-8(5-6)11-4-3-10-7/h1-2,4-5,10,12H,3H2,(H,13,14). The second-order valence-electron chi connectivity index (χ2n) is 2.85. The lowest BCUT2D eigenvalue weighted by Gasteiger charge is -2.12. The van der Waals surface area contributed by atoms with Crippen LogP contribution >= 0.6 is 0 Å². The highest BCUT2D eigenvalue weighted by Crippen LogP contribution is 2.29. The molecular weight excluding hydrogens is 182 g/mol. The fourth-order valence-corrected chi connectivity index (χ4v) is 1.29. The number of fused-ring (bicyclic) bond motifs is 1. The van der Waals surface area contributed by atoms with Crippen molar-refractivity contribution in [2.75, 3.05) is 17.2 Å². The third-order valence-electron chi connectivity index (χ3n) is 1.86. The molecule has 3 N–H and O–H groups in total. The van der Waals surface area contributed by atoms with Crippen LogP contribution in [-0.2, 0) is 0 Å². The van der Waals surface area contributed by atoms with Crippen molar-refractivity contribution < 1.29 is 9.90 Å². The molecule has 5 nitrogen and oxygen atoms in total. The van der Waals surface area contributed by atoms with Crippen molar-refractivity contribution >= 4 is 29.4 Å². The lowest BCUT2D eigenvalue weighted by molar-refractivity contribution is 0.210. The average molecular weight is 191 g/mol. The van der Waals surface area contributed by atoms with Gasteiger partial charge in [-0.1, -0.05) is 0 Å². The van der Waals surface area contributed by atoms with Crippen molar-refractivity contribution in [3.8, 4) is 0 Å². The van der Waals surface area contributed by atoms with E-state index in [4.69, 9.17) is 5.11 Å². The normalized spacial score (nSPS) is 12.9. The van der Waals surface area contributed by atoms with Gasteiger partial charge in [-0.3, -0.25) is 10.3 Å². The molecule has 0 aliphatic carbocycles. The zero-order valence-corrected chi connectivity index (χ0v) is 7.32. The Morgan fingerprint density at radius 2 is 2.43 bits per heavy atom. The molecule has 72 valence electrons. The second kappa shape index (κ2) is 3.37. The predicted molar refractivity (Wildman–Crippen MR) is 54.7 cm³/mol. The van der Waals surface area contributed by atoms with E-state index >= 15 is 0 Å². The van der Waals surface area contributed by atoms with Gasteiger partial charge in [0, 0.05) is 11.9 Å². The zero-order chi connectivity index (χ0) is 9.97. The smallest absolute Gasteiger partial charge is 0.409 e. The third kappa shape index (κ3) is 1.66.